The maximum absolute atomic E-state index is 14.1. The number of nitrogens with two attached hydrogens (primary N) is 3. The molecule has 1 aliphatic heterocycles. The third-order valence-electron chi connectivity index (χ3n) is 8.07. The number of nitrogens with zero attached hydrogens (tertiary/aromatic N) is 2. The molecule has 1 aromatic carbocycles. The highest BCUT2D eigenvalue weighted by Crippen LogP contribution is 2.21. The third kappa shape index (κ3) is 15.0. The lowest BCUT2D eigenvalue weighted by Crippen LogP contribution is -2.59. The highest BCUT2D eigenvalue weighted by molar-refractivity contribution is 5.96. The molecule has 1 heterocycles. The van der Waals surface area contributed by atoms with Crippen LogP contribution in [0.2, 0.25) is 0 Å². The van der Waals surface area contributed by atoms with Crippen LogP contribution >= 0.6 is 0 Å². The number of guanidine groups is 1. The first kappa shape index (κ1) is 41.9. The molecule has 0 spiro atoms. The molecule has 12 N–H and O–H groups in total. The first-order valence-electron chi connectivity index (χ1n) is 16.9. The Labute approximate surface area is 296 Å². The number of hydrogen-bond donors (Lipinski definition) is 9. The van der Waals surface area contributed by atoms with Crippen LogP contribution in [0.15, 0.2) is 35.3 Å². The molecule has 0 radical (unpaired) electrons. The van der Waals surface area contributed by atoms with Gasteiger partial charge in [-0.05, 0) is 50.0 Å². The summed E-state index contributed by atoms with van der Waals surface area (Å²) in [7, 11) is 0. The van der Waals surface area contributed by atoms with Crippen LogP contribution in [0.4, 0.5) is 0 Å². The van der Waals surface area contributed by atoms with Crippen molar-refractivity contribution >= 4 is 47.4 Å². The number of aliphatic carboxylic acids is 2. The van der Waals surface area contributed by atoms with Crippen molar-refractivity contribution in [3.63, 3.8) is 0 Å². The van der Waals surface area contributed by atoms with Gasteiger partial charge in [0.25, 0.3) is 0 Å². The summed E-state index contributed by atoms with van der Waals surface area (Å²) in [6.07, 6.45) is 0.713. The summed E-state index contributed by atoms with van der Waals surface area (Å²) in [6, 6.07) is 3.08. The fraction of sp³-hybridized carbons (Fsp3) is 0.576. The number of amides is 5. The van der Waals surface area contributed by atoms with E-state index in [0.29, 0.717) is 18.4 Å². The lowest BCUT2D eigenvalue weighted by molar-refractivity contribution is -0.143. The van der Waals surface area contributed by atoms with E-state index in [0.717, 1.165) is 0 Å². The summed E-state index contributed by atoms with van der Waals surface area (Å²) in [6.45, 7) is 3.44. The van der Waals surface area contributed by atoms with Gasteiger partial charge >= 0.3 is 11.9 Å². The summed E-state index contributed by atoms with van der Waals surface area (Å²) in [5, 5.41) is 28.4. The van der Waals surface area contributed by atoms with E-state index >= 15 is 0 Å². The van der Waals surface area contributed by atoms with Crippen molar-refractivity contribution < 1.29 is 43.8 Å². The number of carboxylic acids is 2. The van der Waals surface area contributed by atoms with Crippen LogP contribution < -0.4 is 38.5 Å². The average Bonchev–Trinajstić information content (AvgIpc) is 3.56. The highest BCUT2D eigenvalue weighted by Gasteiger charge is 2.39. The Kier molecular flexibility index (Phi) is 17.3. The molecular formula is C33H51N9O9. The summed E-state index contributed by atoms with van der Waals surface area (Å²) in [5.41, 5.74) is 17.3. The minimum Gasteiger partial charge on any atom is -0.481 e. The van der Waals surface area contributed by atoms with Crippen molar-refractivity contribution in [2.24, 2.45) is 28.1 Å². The van der Waals surface area contributed by atoms with Gasteiger partial charge in [-0.15, -0.1) is 0 Å². The average molecular weight is 718 g/mol. The molecule has 0 saturated carbocycles. The summed E-state index contributed by atoms with van der Waals surface area (Å²) < 4.78 is 0. The summed E-state index contributed by atoms with van der Waals surface area (Å²) in [5.74, 6) is -6.02. The van der Waals surface area contributed by atoms with Gasteiger partial charge in [0, 0.05) is 25.9 Å². The van der Waals surface area contributed by atoms with E-state index in [2.05, 4.69) is 26.3 Å². The first-order chi connectivity index (χ1) is 24.1. The maximum atomic E-state index is 14.1. The molecule has 1 fully saturated rings. The molecule has 5 atom stereocenters. The second-order valence-electron chi connectivity index (χ2n) is 12.8. The zero-order valence-electron chi connectivity index (χ0n) is 29.0. The number of nitrogens with one attached hydrogen (secondary N) is 4. The van der Waals surface area contributed by atoms with Gasteiger partial charge in [0.2, 0.25) is 29.5 Å². The summed E-state index contributed by atoms with van der Waals surface area (Å²) in [4.78, 5) is 94.6. The topological polar surface area (TPSA) is 302 Å². The van der Waals surface area contributed by atoms with E-state index < -0.39 is 84.6 Å². The lowest BCUT2D eigenvalue weighted by Gasteiger charge is -2.31. The van der Waals surface area contributed by atoms with Crippen LogP contribution in [-0.4, -0.2) is 112 Å². The number of hydrogen-bond acceptors (Lipinski definition) is 9. The third-order valence-corrected chi connectivity index (χ3v) is 8.07. The van der Waals surface area contributed by atoms with Gasteiger partial charge in [0.05, 0.1) is 6.04 Å². The van der Waals surface area contributed by atoms with E-state index in [9.17, 15) is 38.7 Å². The van der Waals surface area contributed by atoms with Crippen molar-refractivity contribution in [1.29, 1.82) is 0 Å². The first-order valence-corrected chi connectivity index (χ1v) is 16.9. The van der Waals surface area contributed by atoms with Crippen molar-refractivity contribution in [3.8, 4) is 0 Å². The number of carboxylic acid groups (broad SMARTS) is 2. The number of aliphatic imine (C=N–C) groups is 1. The highest BCUT2D eigenvalue weighted by atomic mass is 16.4. The predicted molar refractivity (Wildman–Crippen MR) is 186 cm³/mol. The van der Waals surface area contributed by atoms with E-state index in [1.54, 1.807) is 30.3 Å². The second-order valence-corrected chi connectivity index (χ2v) is 12.8. The monoisotopic (exact) mass is 717 g/mol. The van der Waals surface area contributed by atoms with Gasteiger partial charge < -0.3 is 53.6 Å². The van der Waals surface area contributed by atoms with Gasteiger partial charge in [-0.25, -0.2) is 0 Å². The minimum atomic E-state index is -1.36. The molecule has 1 saturated heterocycles. The SMILES string of the molecule is CC(C)CC(NC(=O)C1CCCN1C(=O)C(Cc1ccccc1)NC(=O)C(CCC(=O)O)NC(=O)C(N)CCCN=C(N)N)C(=O)NCC(=O)O. The van der Waals surface area contributed by atoms with Crippen LogP contribution in [0.3, 0.4) is 0 Å². The van der Waals surface area contributed by atoms with Crippen LogP contribution in [0.5, 0.6) is 0 Å². The maximum Gasteiger partial charge on any atom is 0.322 e. The molecule has 1 aromatic rings. The molecule has 18 heteroatoms. The molecule has 51 heavy (non-hydrogen) atoms. The molecule has 0 aromatic heterocycles. The van der Waals surface area contributed by atoms with Gasteiger partial charge in [0.1, 0.15) is 30.7 Å². The van der Waals surface area contributed by atoms with Crippen molar-refractivity contribution in [1.82, 2.24) is 26.2 Å². The molecular weight excluding hydrogens is 666 g/mol. The molecule has 282 valence electrons. The Morgan fingerprint density at radius 3 is 2.16 bits per heavy atom. The van der Waals surface area contributed by atoms with Crippen LogP contribution in [0.1, 0.15) is 64.4 Å². The molecule has 5 amide bonds. The molecule has 2 rings (SSSR count). The molecule has 0 bridgehead atoms. The number of rotatable bonds is 21. The van der Waals surface area contributed by atoms with E-state index in [-0.39, 0.29) is 57.1 Å². The van der Waals surface area contributed by atoms with Gasteiger partial charge in [-0.2, -0.15) is 0 Å². The van der Waals surface area contributed by atoms with E-state index in [1.165, 1.54) is 4.90 Å². The standard InChI is InChI=1S/C33H51N9O9/c1-19(2)16-23(29(48)38-18-27(45)46)40-31(50)25-11-7-15-42(25)32(51)24(17-20-8-4-3-5-9-20)41-30(49)22(12-13-26(43)44)39-28(47)21(34)10-6-14-37-33(35)36/h3-5,8-9,19,21-25H,6-7,10-18,34H2,1-2H3,(H,38,48)(H,39,47)(H,40,50)(H,41,49)(H,43,44)(H,45,46)(H4,35,36,37). The van der Waals surface area contributed by atoms with Crippen LogP contribution in [-0.2, 0) is 40.0 Å². The van der Waals surface area contributed by atoms with E-state index in [4.69, 9.17) is 22.3 Å². The van der Waals surface area contributed by atoms with Crippen molar-refractivity contribution in [3.05, 3.63) is 35.9 Å². The number of likely N-dealkylation sites (tertiary alicyclic amines) is 1. The molecule has 5 unspecified atom stereocenters. The number of carbonyl (C=O) groups is 7. The zero-order valence-corrected chi connectivity index (χ0v) is 29.0. The quantitative estimate of drug-likeness (QED) is 0.0385. The Balaban J connectivity index is 2.29. The Morgan fingerprint density at radius 2 is 1.55 bits per heavy atom. The van der Waals surface area contributed by atoms with Crippen molar-refractivity contribution in [2.75, 3.05) is 19.6 Å². The molecule has 1 aliphatic rings. The fourth-order valence-electron chi connectivity index (χ4n) is 5.55. The molecule has 0 aliphatic carbocycles. The predicted octanol–water partition coefficient (Wildman–Crippen LogP) is -1.83. The number of carbonyl (C=O) groups excluding carboxylic acids is 5. The number of benzene rings is 1. The Morgan fingerprint density at radius 1 is 0.882 bits per heavy atom. The summed E-state index contributed by atoms with van der Waals surface area (Å²) >= 11 is 0. The second kappa shape index (κ2) is 21.1. The van der Waals surface area contributed by atoms with Crippen molar-refractivity contribution in [2.45, 2.75) is 95.4 Å². The normalized spacial score (nSPS) is 16.2. The van der Waals surface area contributed by atoms with Crippen LogP contribution in [0, 0.1) is 5.92 Å². The zero-order chi connectivity index (χ0) is 38.1. The Bertz CT molecular complexity index is 1400. The van der Waals surface area contributed by atoms with Crippen LogP contribution in [0.25, 0.3) is 0 Å². The van der Waals surface area contributed by atoms with Gasteiger partial charge in [0.15, 0.2) is 5.96 Å². The lowest BCUT2D eigenvalue weighted by atomic mass is 10.0. The van der Waals surface area contributed by atoms with E-state index in [1.807, 2.05) is 13.8 Å². The minimum absolute atomic E-state index is 0.00766. The van der Waals surface area contributed by atoms with Gasteiger partial charge in [-0.3, -0.25) is 38.6 Å². The smallest absolute Gasteiger partial charge is 0.322 e. The Hall–Kier alpha value is -5.26. The van der Waals surface area contributed by atoms with Gasteiger partial charge in [-0.1, -0.05) is 44.2 Å². The largest absolute Gasteiger partial charge is 0.481 e. The molecule has 18 nitrogen and oxygen atoms in total. The fourth-order valence-corrected chi connectivity index (χ4v) is 5.55.